The molecule has 4 nitrogen and oxygen atoms in total. The van der Waals surface area contributed by atoms with E-state index in [2.05, 4.69) is 14.9 Å². The van der Waals surface area contributed by atoms with Crippen LogP contribution in [0.2, 0.25) is 0 Å². The molecular weight excluding hydrogens is 142 g/mol. The predicted molar refractivity (Wildman–Crippen MR) is 39.9 cm³/mol. The fraction of sp³-hybridized carbons (Fsp3) is 0.571. The molecule has 60 valence electrons. The molecule has 0 saturated carbocycles. The van der Waals surface area contributed by atoms with Crippen molar-refractivity contribution < 1.29 is 5.11 Å². The predicted octanol–water partition coefficient (Wildman–Crippen LogP) is -0.414. The second-order valence-corrected chi connectivity index (χ2v) is 2.92. The number of aliphatic hydroxyl groups excluding tert-OH is 1. The van der Waals surface area contributed by atoms with Crippen molar-refractivity contribution in [3.63, 3.8) is 0 Å². The highest BCUT2D eigenvalue weighted by Gasteiger charge is 2.23. The minimum absolute atomic E-state index is 0.113. The number of nitrogens with one attached hydrogen (secondary N) is 1. The Balaban J connectivity index is 1.84. The number of β-amino-alcohol motifs (C(OH)–C–C–N with tert-alkyl or cyclic N) is 1. The standard InChI is InChI=1S/C7H11N3O/c11-7-3-10(4-7)2-6-1-8-5-9-6/h1,5,7,11H,2-4H2,(H,8,9). The zero-order valence-electron chi connectivity index (χ0n) is 6.20. The molecule has 0 bridgehead atoms. The van der Waals surface area contributed by atoms with Crippen molar-refractivity contribution in [2.75, 3.05) is 13.1 Å². The van der Waals surface area contributed by atoms with Crippen LogP contribution in [0, 0.1) is 0 Å². The molecule has 1 aliphatic rings. The molecule has 0 spiro atoms. The number of hydrogen-bond donors (Lipinski definition) is 2. The fourth-order valence-electron chi connectivity index (χ4n) is 1.28. The van der Waals surface area contributed by atoms with Crippen molar-refractivity contribution in [2.45, 2.75) is 12.6 Å². The Kier molecular flexibility index (Phi) is 1.63. The molecule has 2 heterocycles. The van der Waals surface area contributed by atoms with Crippen molar-refractivity contribution in [3.8, 4) is 0 Å². The molecular formula is C7H11N3O. The van der Waals surface area contributed by atoms with Crippen molar-refractivity contribution in [1.29, 1.82) is 0 Å². The number of aromatic amines is 1. The zero-order chi connectivity index (χ0) is 7.68. The molecule has 1 aromatic heterocycles. The van der Waals surface area contributed by atoms with Crippen molar-refractivity contribution in [2.24, 2.45) is 0 Å². The summed E-state index contributed by atoms with van der Waals surface area (Å²) in [7, 11) is 0. The maximum atomic E-state index is 8.98. The lowest BCUT2D eigenvalue weighted by molar-refractivity contribution is -0.00347. The zero-order valence-corrected chi connectivity index (χ0v) is 6.20. The molecule has 1 fully saturated rings. The lowest BCUT2D eigenvalue weighted by Crippen LogP contribution is -2.49. The second-order valence-electron chi connectivity index (χ2n) is 2.92. The third-order valence-corrected chi connectivity index (χ3v) is 1.89. The van der Waals surface area contributed by atoms with Crippen molar-refractivity contribution >= 4 is 0 Å². The van der Waals surface area contributed by atoms with Crippen LogP contribution in [-0.4, -0.2) is 39.2 Å². The molecule has 0 unspecified atom stereocenters. The number of hydrogen-bond acceptors (Lipinski definition) is 3. The van der Waals surface area contributed by atoms with Gasteiger partial charge >= 0.3 is 0 Å². The van der Waals surface area contributed by atoms with E-state index in [0.717, 1.165) is 25.3 Å². The Hall–Kier alpha value is -0.870. The average molecular weight is 153 g/mol. The lowest BCUT2D eigenvalue weighted by atomic mass is 10.1. The Labute approximate surface area is 64.9 Å². The molecule has 2 rings (SSSR count). The molecule has 1 saturated heterocycles. The quantitative estimate of drug-likeness (QED) is 0.607. The maximum absolute atomic E-state index is 8.98. The van der Waals surface area contributed by atoms with Gasteiger partial charge in [0.2, 0.25) is 0 Å². The van der Waals surface area contributed by atoms with Gasteiger partial charge in [-0.25, -0.2) is 4.98 Å². The Morgan fingerprint density at radius 1 is 1.73 bits per heavy atom. The van der Waals surface area contributed by atoms with Gasteiger partial charge in [0.05, 0.1) is 12.4 Å². The van der Waals surface area contributed by atoms with E-state index < -0.39 is 0 Å². The molecule has 1 aliphatic heterocycles. The van der Waals surface area contributed by atoms with Crippen LogP contribution in [0.25, 0.3) is 0 Å². The fourth-order valence-corrected chi connectivity index (χ4v) is 1.28. The van der Waals surface area contributed by atoms with E-state index >= 15 is 0 Å². The number of rotatable bonds is 2. The summed E-state index contributed by atoms with van der Waals surface area (Å²) in [4.78, 5) is 9.09. The lowest BCUT2D eigenvalue weighted by Gasteiger charge is -2.35. The minimum Gasteiger partial charge on any atom is -0.390 e. The summed E-state index contributed by atoms with van der Waals surface area (Å²) < 4.78 is 0. The minimum atomic E-state index is -0.113. The second kappa shape index (κ2) is 2.64. The molecule has 0 atom stereocenters. The van der Waals surface area contributed by atoms with Gasteiger partial charge in [0, 0.05) is 31.5 Å². The number of imidazole rings is 1. The highest BCUT2D eigenvalue weighted by atomic mass is 16.3. The van der Waals surface area contributed by atoms with Crippen LogP contribution in [0.1, 0.15) is 5.69 Å². The van der Waals surface area contributed by atoms with Crippen molar-refractivity contribution in [1.82, 2.24) is 14.9 Å². The van der Waals surface area contributed by atoms with E-state index in [-0.39, 0.29) is 6.10 Å². The van der Waals surface area contributed by atoms with Gasteiger partial charge in [-0.1, -0.05) is 0 Å². The van der Waals surface area contributed by atoms with Gasteiger partial charge in [-0.3, -0.25) is 4.90 Å². The van der Waals surface area contributed by atoms with Gasteiger partial charge in [-0.05, 0) is 0 Å². The third-order valence-electron chi connectivity index (χ3n) is 1.89. The highest BCUT2D eigenvalue weighted by Crippen LogP contribution is 2.10. The van der Waals surface area contributed by atoms with Gasteiger partial charge in [-0.2, -0.15) is 0 Å². The molecule has 1 aromatic rings. The summed E-state index contributed by atoms with van der Waals surface area (Å²) in [6.45, 7) is 2.45. The maximum Gasteiger partial charge on any atom is 0.0922 e. The van der Waals surface area contributed by atoms with E-state index in [0.29, 0.717) is 0 Å². The summed E-state index contributed by atoms with van der Waals surface area (Å²) in [6, 6.07) is 0. The number of likely N-dealkylation sites (tertiary alicyclic amines) is 1. The Morgan fingerprint density at radius 2 is 2.55 bits per heavy atom. The van der Waals surface area contributed by atoms with Crippen LogP contribution in [0.5, 0.6) is 0 Å². The van der Waals surface area contributed by atoms with Crippen LogP contribution in [0.4, 0.5) is 0 Å². The van der Waals surface area contributed by atoms with Crippen molar-refractivity contribution in [3.05, 3.63) is 18.2 Å². The normalized spacial score (nSPS) is 20.1. The van der Waals surface area contributed by atoms with E-state index in [9.17, 15) is 0 Å². The number of H-pyrrole nitrogens is 1. The molecule has 0 radical (unpaired) electrons. The summed E-state index contributed by atoms with van der Waals surface area (Å²) >= 11 is 0. The Morgan fingerprint density at radius 3 is 3.09 bits per heavy atom. The van der Waals surface area contributed by atoms with E-state index in [1.165, 1.54) is 0 Å². The highest BCUT2D eigenvalue weighted by molar-refractivity contribution is 4.96. The molecule has 0 aliphatic carbocycles. The monoisotopic (exact) mass is 153 g/mol. The summed E-state index contributed by atoms with van der Waals surface area (Å²) in [5, 5.41) is 8.98. The van der Waals surface area contributed by atoms with Gasteiger partial charge < -0.3 is 10.1 Å². The molecule has 0 amide bonds. The SMILES string of the molecule is OC1CN(Cc2cnc[nH]2)C1. The number of nitrogens with zero attached hydrogens (tertiary/aromatic N) is 2. The van der Waals surface area contributed by atoms with Crippen LogP contribution in [0.15, 0.2) is 12.5 Å². The van der Waals surface area contributed by atoms with E-state index in [1.54, 1.807) is 6.33 Å². The summed E-state index contributed by atoms with van der Waals surface area (Å²) in [5.41, 5.74) is 1.11. The van der Waals surface area contributed by atoms with Gasteiger partial charge in [-0.15, -0.1) is 0 Å². The Bertz CT molecular complexity index is 216. The first-order valence-electron chi connectivity index (χ1n) is 3.72. The van der Waals surface area contributed by atoms with Crippen LogP contribution in [0.3, 0.4) is 0 Å². The van der Waals surface area contributed by atoms with Crippen LogP contribution in [-0.2, 0) is 6.54 Å². The summed E-state index contributed by atoms with van der Waals surface area (Å²) in [6.07, 6.45) is 3.37. The topological polar surface area (TPSA) is 52.1 Å². The number of aromatic nitrogens is 2. The third kappa shape index (κ3) is 1.41. The molecule has 0 aromatic carbocycles. The van der Waals surface area contributed by atoms with Crippen LogP contribution >= 0.6 is 0 Å². The van der Waals surface area contributed by atoms with Gasteiger partial charge in [0.1, 0.15) is 0 Å². The molecule has 11 heavy (non-hydrogen) atoms. The average Bonchev–Trinajstić information content (AvgIpc) is 2.36. The molecule has 4 heteroatoms. The number of aliphatic hydroxyl groups is 1. The first-order chi connectivity index (χ1) is 5.34. The van der Waals surface area contributed by atoms with Gasteiger partial charge in [0.15, 0.2) is 0 Å². The summed E-state index contributed by atoms with van der Waals surface area (Å²) in [5.74, 6) is 0. The van der Waals surface area contributed by atoms with Gasteiger partial charge in [0.25, 0.3) is 0 Å². The smallest absolute Gasteiger partial charge is 0.0922 e. The van der Waals surface area contributed by atoms with Crippen LogP contribution < -0.4 is 0 Å². The molecule has 2 N–H and O–H groups in total. The van der Waals surface area contributed by atoms with E-state index in [4.69, 9.17) is 5.11 Å². The largest absolute Gasteiger partial charge is 0.390 e. The first-order valence-corrected chi connectivity index (χ1v) is 3.72. The van der Waals surface area contributed by atoms with E-state index in [1.807, 2.05) is 6.20 Å². The first kappa shape index (κ1) is 6.82.